The molecule has 0 heterocycles. The number of hydrogen-bond acceptors (Lipinski definition) is 6. The molecule has 0 radical (unpaired) electrons. The van der Waals surface area contributed by atoms with Crippen LogP contribution in [0.5, 0.6) is 23.0 Å². The van der Waals surface area contributed by atoms with Crippen molar-refractivity contribution < 1.29 is 28.5 Å². The minimum absolute atomic E-state index is 0.206. The standard InChI is InChI=1S/C22H21NO6/c1-26-16-11-10-14-15(12-24)18(23-22(25)13-8-6-5-7-9-13)21(29-4)20(28-3)17(14)19(16)27-2/h5-12H,1-4H3,(H,23,25). The van der Waals surface area contributed by atoms with Crippen LogP contribution in [0.2, 0.25) is 0 Å². The Bertz CT molecular complexity index is 1060. The maximum Gasteiger partial charge on any atom is 0.255 e. The molecule has 7 heteroatoms. The third-order valence-electron chi connectivity index (χ3n) is 4.57. The van der Waals surface area contributed by atoms with Crippen LogP contribution in [0.3, 0.4) is 0 Å². The molecule has 0 unspecified atom stereocenters. The summed E-state index contributed by atoms with van der Waals surface area (Å²) >= 11 is 0. The number of carbonyl (C=O) groups excluding carboxylic acids is 2. The summed E-state index contributed by atoms with van der Waals surface area (Å²) in [6.45, 7) is 0. The lowest BCUT2D eigenvalue weighted by Gasteiger charge is -2.21. The highest BCUT2D eigenvalue weighted by Gasteiger charge is 2.26. The molecule has 0 aliphatic carbocycles. The Kier molecular flexibility index (Phi) is 5.87. The molecule has 0 saturated heterocycles. The zero-order valence-electron chi connectivity index (χ0n) is 16.6. The minimum atomic E-state index is -0.381. The van der Waals surface area contributed by atoms with Crippen LogP contribution in [0.1, 0.15) is 20.7 Å². The van der Waals surface area contributed by atoms with Crippen LogP contribution in [0.4, 0.5) is 5.69 Å². The molecule has 0 bridgehead atoms. The van der Waals surface area contributed by atoms with E-state index >= 15 is 0 Å². The van der Waals surface area contributed by atoms with E-state index in [1.165, 1.54) is 28.4 Å². The largest absolute Gasteiger partial charge is 0.493 e. The number of nitrogens with one attached hydrogen (secondary N) is 1. The van der Waals surface area contributed by atoms with Gasteiger partial charge in [-0.15, -0.1) is 0 Å². The summed E-state index contributed by atoms with van der Waals surface area (Å²) in [5.41, 5.74) is 0.897. The third kappa shape index (κ3) is 3.42. The van der Waals surface area contributed by atoms with Crippen molar-refractivity contribution >= 4 is 28.7 Å². The average Bonchev–Trinajstić information content (AvgIpc) is 2.77. The first-order valence-corrected chi connectivity index (χ1v) is 8.75. The summed E-state index contributed by atoms with van der Waals surface area (Å²) in [5.74, 6) is 1.00. The second kappa shape index (κ2) is 8.52. The van der Waals surface area contributed by atoms with Gasteiger partial charge < -0.3 is 24.3 Å². The molecule has 0 fully saturated rings. The van der Waals surface area contributed by atoms with Crippen molar-refractivity contribution in [3.8, 4) is 23.0 Å². The van der Waals surface area contributed by atoms with Crippen molar-refractivity contribution in [2.24, 2.45) is 0 Å². The maximum absolute atomic E-state index is 12.7. The van der Waals surface area contributed by atoms with Gasteiger partial charge in [0, 0.05) is 16.5 Å². The van der Waals surface area contributed by atoms with Crippen molar-refractivity contribution in [3.63, 3.8) is 0 Å². The monoisotopic (exact) mass is 395 g/mol. The summed E-state index contributed by atoms with van der Waals surface area (Å²) < 4.78 is 22.0. The molecular formula is C22H21NO6. The Morgan fingerprint density at radius 2 is 1.48 bits per heavy atom. The van der Waals surface area contributed by atoms with Gasteiger partial charge in [-0.1, -0.05) is 18.2 Å². The minimum Gasteiger partial charge on any atom is -0.493 e. The Morgan fingerprint density at radius 3 is 2.03 bits per heavy atom. The molecule has 0 aliphatic heterocycles. The predicted octanol–water partition coefficient (Wildman–Crippen LogP) is 3.94. The number of methoxy groups -OCH3 is 4. The lowest BCUT2D eigenvalue weighted by Crippen LogP contribution is -2.15. The molecule has 0 saturated carbocycles. The summed E-state index contributed by atoms with van der Waals surface area (Å²) in [5, 5.41) is 3.82. The molecule has 0 aliphatic rings. The number of carbonyl (C=O) groups is 2. The lowest BCUT2D eigenvalue weighted by molar-refractivity contribution is 0.102. The van der Waals surface area contributed by atoms with Gasteiger partial charge in [-0.05, 0) is 24.3 Å². The van der Waals surface area contributed by atoms with Crippen molar-refractivity contribution in [1.82, 2.24) is 0 Å². The highest BCUT2D eigenvalue weighted by molar-refractivity contribution is 6.16. The molecule has 1 N–H and O–H groups in total. The van der Waals surface area contributed by atoms with E-state index in [2.05, 4.69) is 5.32 Å². The van der Waals surface area contributed by atoms with E-state index in [1.54, 1.807) is 36.4 Å². The fourth-order valence-corrected chi connectivity index (χ4v) is 3.27. The third-order valence-corrected chi connectivity index (χ3v) is 4.57. The summed E-state index contributed by atoms with van der Waals surface area (Å²) in [4.78, 5) is 24.8. The second-order valence-corrected chi connectivity index (χ2v) is 6.02. The fraction of sp³-hybridized carbons (Fsp3) is 0.182. The van der Waals surface area contributed by atoms with Gasteiger partial charge in [0.05, 0.1) is 39.5 Å². The Labute approximate surface area is 168 Å². The number of rotatable bonds is 7. The number of anilines is 1. The number of ether oxygens (including phenoxy) is 4. The first-order valence-electron chi connectivity index (χ1n) is 8.75. The molecule has 1 amide bonds. The SMILES string of the molecule is COc1ccc2c(C=O)c(NC(=O)c3ccccc3)c(OC)c(OC)c2c1OC. The van der Waals surface area contributed by atoms with Crippen LogP contribution < -0.4 is 24.3 Å². The lowest BCUT2D eigenvalue weighted by atomic mass is 9.99. The molecule has 7 nitrogen and oxygen atoms in total. The van der Waals surface area contributed by atoms with E-state index < -0.39 is 0 Å². The van der Waals surface area contributed by atoms with E-state index in [0.29, 0.717) is 39.9 Å². The van der Waals surface area contributed by atoms with Gasteiger partial charge in [-0.25, -0.2) is 0 Å². The molecule has 3 rings (SSSR count). The van der Waals surface area contributed by atoms with Crippen molar-refractivity contribution in [2.45, 2.75) is 0 Å². The maximum atomic E-state index is 12.7. The van der Waals surface area contributed by atoms with Crippen molar-refractivity contribution in [2.75, 3.05) is 33.8 Å². The van der Waals surface area contributed by atoms with E-state index in [-0.39, 0.29) is 22.9 Å². The molecule has 3 aromatic carbocycles. The van der Waals surface area contributed by atoms with Crippen LogP contribution in [0.15, 0.2) is 42.5 Å². The summed E-state index contributed by atoms with van der Waals surface area (Å²) in [6.07, 6.45) is 0.664. The molecule has 0 aromatic heterocycles. The molecular weight excluding hydrogens is 374 g/mol. The number of fused-ring (bicyclic) bond motifs is 1. The molecule has 29 heavy (non-hydrogen) atoms. The molecule has 3 aromatic rings. The highest BCUT2D eigenvalue weighted by Crippen LogP contribution is 2.50. The number of aldehydes is 1. The van der Waals surface area contributed by atoms with Gasteiger partial charge in [0.25, 0.3) is 5.91 Å². The van der Waals surface area contributed by atoms with E-state index in [9.17, 15) is 9.59 Å². The summed E-state index contributed by atoms with van der Waals surface area (Å²) in [7, 11) is 5.92. The van der Waals surface area contributed by atoms with Gasteiger partial charge in [0.2, 0.25) is 0 Å². The van der Waals surface area contributed by atoms with Crippen molar-refractivity contribution in [3.05, 3.63) is 53.6 Å². The first-order chi connectivity index (χ1) is 14.1. The highest BCUT2D eigenvalue weighted by atomic mass is 16.5. The zero-order valence-corrected chi connectivity index (χ0v) is 16.6. The van der Waals surface area contributed by atoms with Gasteiger partial charge >= 0.3 is 0 Å². The average molecular weight is 395 g/mol. The second-order valence-electron chi connectivity index (χ2n) is 6.02. The Hall–Kier alpha value is -3.74. The van der Waals surface area contributed by atoms with Crippen LogP contribution in [-0.2, 0) is 0 Å². The van der Waals surface area contributed by atoms with Gasteiger partial charge in [0.1, 0.15) is 0 Å². The normalized spacial score (nSPS) is 10.3. The van der Waals surface area contributed by atoms with Crippen LogP contribution in [0, 0.1) is 0 Å². The quantitative estimate of drug-likeness (QED) is 0.610. The van der Waals surface area contributed by atoms with Crippen LogP contribution in [0.25, 0.3) is 10.8 Å². The number of benzene rings is 3. The number of amides is 1. The Balaban J connectivity index is 2.33. The van der Waals surface area contributed by atoms with Crippen LogP contribution >= 0.6 is 0 Å². The molecule has 0 spiro atoms. The first kappa shape index (κ1) is 20.0. The topological polar surface area (TPSA) is 83.1 Å². The van der Waals surface area contributed by atoms with Gasteiger partial charge in [-0.3, -0.25) is 9.59 Å². The number of hydrogen-bond donors (Lipinski definition) is 1. The van der Waals surface area contributed by atoms with E-state index in [1.807, 2.05) is 6.07 Å². The van der Waals surface area contributed by atoms with Crippen molar-refractivity contribution in [1.29, 1.82) is 0 Å². The molecule has 150 valence electrons. The van der Waals surface area contributed by atoms with E-state index in [0.717, 1.165) is 0 Å². The zero-order chi connectivity index (χ0) is 21.0. The van der Waals surface area contributed by atoms with Gasteiger partial charge in [-0.2, -0.15) is 0 Å². The predicted molar refractivity (Wildman–Crippen MR) is 110 cm³/mol. The van der Waals surface area contributed by atoms with Crippen LogP contribution in [-0.4, -0.2) is 40.6 Å². The smallest absolute Gasteiger partial charge is 0.255 e. The Morgan fingerprint density at radius 1 is 0.828 bits per heavy atom. The fourth-order valence-electron chi connectivity index (χ4n) is 3.27. The van der Waals surface area contributed by atoms with Gasteiger partial charge in [0.15, 0.2) is 29.3 Å². The summed E-state index contributed by atoms with van der Waals surface area (Å²) in [6, 6.07) is 12.1. The van der Waals surface area contributed by atoms with E-state index in [4.69, 9.17) is 18.9 Å². The molecule has 0 atom stereocenters.